The fourth-order valence-electron chi connectivity index (χ4n) is 1.06. The molecule has 2 unspecified atom stereocenters. The molecule has 2 nitrogen and oxygen atoms in total. The van der Waals surface area contributed by atoms with Gasteiger partial charge in [-0.3, -0.25) is 9.47 Å². The fourth-order valence-corrected chi connectivity index (χ4v) is 1.06. The zero-order chi connectivity index (χ0) is 23.2. The van der Waals surface area contributed by atoms with E-state index in [0.717, 1.165) is 0 Å². The van der Waals surface area contributed by atoms with Gasteiger partial charge in [-0.1, -0.05) is 6.58 Å². The van der Waals surface area contributed by atoms with Crippen LogP contribution in [0.25, 0.3) is 0 Å². The van der Waals surface area contributed by atoms with Gasteiger partial charge in [-0.05, 0) is 6.08 Å². The Kier molecular flexibility index (Phi) is 6.73. The molecule has 0 saturated carbocycles. The molecule has 0 aromatic carbocycles. The second-order valence-corrected chi connectivity index (χ2v) is 4.61. The summed E-state index contributed by atoms with van der Waals surface area (Å²) >= 11 is 0. The summed E-state index contributed by atoms with van der Waals surface area (Å²) in [5.41, 5.74) is 0. The van der Waals surface area contributed by atoms with Gasteiger partial charge in [0.25, 0.3) is 6.36 Å². The molecule has 0 rings (SSSR count). The summed E-state index contributed by atoms with van der Waals surface area (Å²) in [7, 11) is 0. The Hall–Kier alpha value is -1.46. The molecule has 0 amide bonds. The van der Waals surface area contributed by atoms with E-state index in [-0.39, 0.29) is 0 Å². The van der Waals surface area contributed by atoms with Crippen LogP contribution >= 0.6 is 0 Å². The van der Waals surface area contributed by atoms with Crippen molar-refractivity contribution in [3.8, 4) is 0 Å². The topological polar surface area (TPSA) is 18.5 Å². The van der Waals surface area contributed by atoms with Crippen molar-refractivity contribution < 1.29 is 79.7 Å². The Bertz CT molecular complexity index is 563. The maximum Gasteiger partial charge on any atom is 0.462 e. The van der Waals surface area contributed by atoms with E-state index in [0.29, 0.717) is 0 Å². The van der Waals surface area contributed by atoms with Crippen molar-refractivity contribution in [2.45, 2.75) is 48.6 Å². The quantitative estimate of drug-likeness (QED) is 0.340. The van der Waals surface area contributed by atoms with Gasteiger partial charge in [-0.25, -0.2) is 4.39 Å². The molecule has 18 heteroatoms. The first-order valence-electron chi connectivity index (χ1n) is 5.89. The van der Waals surface area contributed by atoms with Crippen molar-refractivity contribution in [3.05, 3.63) is 12.7 Å². The van der Waals surface area contributed by atoms with E-state index in [9.17, 15) is 70.2 Å². The SMILES string of the molecule is C=CC(F)(F)C(F)OC(F)(F)C(F)(OC(F)(F)C(F)(F)C(F)(F)F)C(F)(F)F. The summed E-state index contributed by atoms with van der Waals surface area (Å²) in [4.78, 5) is 0. The second kappa shape index (κ2) is 7.10. The summed E-state index contributed by atoms with van der Waals surface area (Å²) < 4.78 is 205. The van der Waals surface area contributed by atoms with Gasteiger partial charge in [0.2, 0.25) is 0 Å². The largest absolute Gasteiger partial charge is 0.462 e. The highest BCUT2D eigenvalue weighted by Crippen LogP contribution is 2.55. The van der Waals surface area contributed by atoms with E-state index in [1.54, 1.807) is 0 Å². The zero-order valence-corrected chi connectivity index (χ0v) is 12.2. The molecule has 0 aliphatic carbocycles. The van der Waals surface area contributed by atoms with Gasteiger partial charge in [0.15, 0.2) is 0 Å². The Morgan fingerprint density at radius 2 is 1.04 bits per heavy atom. The van der Waals surface area contributed by atoms with Crippen molar-refractivity contribution >= 4 is 0 Å². The number of rotatable bonds is 8. The van der Waals surface area contributed by atoms with E-state index in [1.165, 1.54) is 4.74 Å². The van der Waals surface area contributed by atoms with Crippen LogP contribution < -0.4 is 0 Å². The molecule has 0 saturated heterocycles. The van der Waals surface area contributed by atoms with Crippen molar-refractivity contribution in [3.63, 3.8) is 0 Å². The predicted octanol–water partition coefficient (Wildman–Crippen LogP) is 5.75. The molecule has 168 valence electrons. The molecule has 0 aromatic heterocycles. The van der Waals surface area contributed by atoms with Gasteiger partial charge in [0, 0.05) is 0 Å². The standard InChI is InChI=1S/C10H4F16O2/c1-2-4(12,13)3(11)27-10(25,26)6(16,8(20,21)22)28-9(23,24)5(14,15)7(17,18)19/h2-3H,1H2. The van der Waals surface area contributed by atoms with Crippen LogP contribution in [0.15, 0.2) is 12.7 Å². The Morgan fingerprint density at radius 1 is 0.643 bits per heavy atom. The normalized spacial score (nSPS) is 18.6. The first kappa shape index (κ1) is 26.5. The molecule has 0 fully saturated rings. The molecular weight excluding hydrogens is 456 g/mol. The number of alkyl halides is 16. The van der Waals surface area contributed by atoms with Crippen LogP contribution in [0.4, 0.5) is 70.2 Å². The lowest BCUT2D eigenvalue weighted by Gasteiger charge is -2.38. The van der Waals surface area contributed by atoms with Gasteiger partial charge >= 0.3 is 42.3 Å². The van der Waals surface area contributed by atoms with Gasteiger partial charge in [-0.2, -0.15) is 65.9 Å². The maximum atomic E-state index is 13.5. The van der Waals surface area contributed by atoms with Gasteiger partial charge in [0.05, 0.1) is 0 Å². The summed E-state index contributed by atoms with van der Waals surface area (Å²) in [6.07, 6.45) is -36.0. The third kappa shape index (κ3) is 4.57. The Balaban J connectivity index is 6.26. The molecule has 0 radical (unpaired) electrons. The van der Waals surface area contributed by atoms with Gasteiger partial charge in [-0.15, -0.1) is 0 Å². The van der Waals surface area contributed by atoms with E-state index in [4.69, 9.17) is 0 Å². The van der Waals surface area contributed by atoms with E-state index in [2.05, 4.69) is 6.58 Å². The van der Waals surface area contributed by atoms with Crippen LogP contribution in [-0.2, 0) is 9.47 Å². The summed E-state index contributed by atoms with van der Waals surface area (Å²) in [5, 5.41) is 0. The molecule has 0 aromatic rings. The number of halogens is 16. The third-order valence-corrected chi connectivity index (χ3v) is 2.56. The molecule has 0 heterocycles. The minimum absolute atomic E-state index is 0.880. The fraction of sp³-hybridized carbons (Fsp3) is 0.800. The average molecular weight is 460 g/mol. The molecule has 0 N–H and O–H groups in total. The van der Waals surface area contributed by atoms with Crippen molar-refractivity contribution in [2.24, 2.45) is 0 Å². The van der Waals surface area contributed by atoms with Gasteiger partial charge < -0.3 is 0 Å². The molecule has 0 aliphatic heterocycles. The van der Waals surface area contributed by atoms with Crippen LogP contribution in [0.3, 0.4) is 0 Å². The zero-order valence-electron chi connectivity index (χ0n) is 12.2. The summed E-state index contributed by atoms with van der Waals surface area (Å²) in [5.74, 6) is -20.7. The smallest absolute Gasteiger partial charge is 0.274 e. The van der Waals surface area contributed by atoms with E-state index in [1.807, 2.05) is 4.74 Å². The van der Waals surface area contributed by atoms with Crippen LogP contribution in [0.1, 0.15) is 0 Å². The molecule has 0 bridgehead atoms. The first-order chi connectivity index (χ1) is 11.9. The predicted molar refractivity (Wildman–Crippen MR) is 53.0 cm³/mol. The van der Waals surface area contributed by atoms with Crippen molar-refractivity contribution in [1.29, 1.82) is 0 Å². The first-order valence-corrected chi connectivity index (χ1v) is 5.89. The highest BCUT2D eigenvalue weighted by Gasteiger charge is 2.84. The third-order valence-electron chi connectivity index (χ3n) is 2.56. The minimum atomic E-state index is -7.70. The highest BCUT2D eigenvalue weighted by molar-refractivity contribution is 4.95. The van der Waals surface area contributed by atoms with E-state index >= 15 is 0 Å². The molecule has 28 heavy (non-hydrogen) atoms. The molecule has 2 atom stereocenters. The van der Waals surface area contributed by atoms with Crippen LogP contribution in [0.2, 0.25) is 0 Å². The Morgan fingerprint density at radius 3 is 1.32 bits per heavy atom. The van der Waals surface area contributed by atoms with Crippen LogP contribution in [-0.4, -0.2) is 48.6 Å². The highest BCUT2D eigenvalue weighted by atomic mass is 19.4. The lowest BCUT2D eigenvalue weighted by atomic mass is 10.2. The molecule has 0 aliphatic rings. The Labute approximate surface area is 142 Å². The van der Waals surface area contributed by atoms with E-state index < -0.39 is 54.7 Å². The average Bonchev–Trinajstić information content (AvgIpc) is 2.43. The lowest BCUT2D eigenvalue weighted by molar-refractivity contribution is -0.540. The molecular formula is C10H4F16O2. The van der Waals surface area contributed by atoms with Gasteiger partial charge in [0.1, 0.15) is 0 Å². The number of hydrogen-bond donors (Lipinski definition) is 0. The number of hydrogen-bond acceptors (Lipinski definition) is 2. The molecule has 0 spiro atoms. The number of ether oxygens (including phenoxy) is 2. The lowest BCUT2D eigenvalue weighted by Crippen LogP contribution is -2.66. The maximum absolute atomic E-state index is 13.5. The minimum Gasteiger partial charge on any atom is -0.274 e. The van der Waals surface area contributed by atoms with Crippen molar-refractivity contribution in [1.82, 2.24) is 0 Å². The van der Waals surface area contributed by atoms with Crippen molar-refractivity contribution in [2.75, 3.05) is 0 Å². The summed E-state index contributed by atoms with van der Waals surface area (Å²) in [6.45, 7) is 2.11. The second-order valence-electron chi connectivity index (χ2n) is 4.61. The van der Waals surface area contributed by atoms with Crippen LogP contribution in [0, 0.1) is 0 Å². The van der Waals surface area contributed by atoms with Crippen LogP contribution in [0.5, 0.6) is 0 Å². The summed E-state index contributed by atoms with van der Waals surface area (Å²) in [6, 6.07) is 0. The monoisotopic (exact) mass is 460 g/mol.